The van der Waals surface area contributed by atoms with Crippen molar-refractivity contribution in [3.8, 4) is 11.5 Å². The molecule has 0 spiro atoms. The maximum Gasteiger partial charge on any atom is 0.243 e. The van der Waals surface area contributed by atoms with Crippen LogP contribution in [0.1, 0.15) is 16.7 Å². The summed E-state index contributed by atoms with van der Waals surface area (Å²) in [5.74, 6) is 1.34. The molecule has 0 amide bonds. The third-order valence-corrected chi connectivity index (χ3v) is 5.83. The van der Waals surface area contributed by atoms with Gasteiger partial charge in [0, 0.05) is 13.6 Å². The van der Waals surface area contributed by atoms with Crippen LogP contribution in [0.15, 0.2) is 41.3 Å². The molecule has 0 bridgehead atoms. The highest BCUT2D eigenvalue weighted by molar-refractivity contribution is 7.89. The molecule has 0 radical (unpaired) electrons. The van der Waals surface area contributed by atoms with Crippen LogP contribution in [0.3, 0.4) is 0 Å². The molecule has 0 aromatic heterocycles. The second kappa shape index (κ2) is 5.86. The Labute approximate surface area is 136 Å². The number of benzene rings is 2. The maximum absolute atomic E-state index is 12.7. The van der Waals surface area contributed by atoms with E-state index >= 15 is 0 Å². The molecule has 1 aliphatic heterocycles. The highest BCUT2D eigenvalue weighted by Gasteiger charge is 2.22. The highest BCUT2D eigenvalue weighted by atomic mass is 32.2. The summed E-state index contributed by atoms with van der Waals surface area (Å²) in [6, 6.07) is 10.6. The first-order valence-corrected chi connectivity index (χ1v) is 8.74. The first kappa shape index (κ1) is 15.8. The Morgan fingerprint density at radius 3 is 2.48 bits per heavy atom. The summed E-state index contributed by atoms with van der Waals surface area (Å²) in [5.41, 5.74) is 2.88. The van der Waals surface area contributed by atoms with Crippen LogP contribution >= 0.6 is 0 Å². The smallest absolute Gasteiger partial charge is 0.243 e. The van der Waals surface area contributed by atoms with E-state index in [1.54, 1.807) is 25.2 Å². The summed E-state index contributed by atoms with van der Waals surface area (Å²) in [6.45, 7) is 4.34. The lowest BCUT2D eigenvalue weighted by atomic mass is 10.1. The van der Waals surface area contributed by atoms with E-state index < -0.39 is 10.0 Å². The minimum Gasteiger partial charge on any atom is -0.454 e. The zero-order valence-electron chi connectivity index (χ0n) is 13.4. The molecule has 0 N–H and O–H groups in total. The topological polar surface area (TPSA) is 55.8 Å². The number of aryl methyl sites for hydroxylation is 2. The lowest BCUT2D eigenvalue weighted by Crippen LogP contribution is -2.26. The van der Waals surface area contributed by atoms with Crippen molar-refractivity contribution in [3.63, 3.8) is 0 Å². The van der Waals surface area contributed by atoms with Gasteiger partial charge < -0.3 is 9.47 Å². The molecule has 0 atom stereocenters. The quantitative estimate of drug-likeness (QED) is 0.863. The van der Waals surface area contributed by atoms with E-state index in [-0.39, 0.29) is 13.3 Å². The van der Waals surface area contributed by atoms with Gasteiger partial charge in [0.2, 0.25) is 16.8 Å². The third kappa shape index (κ3) is 3.04. The van der Waals surface area contributed by atoms with E-state index in [1.165, 1.54) is 4.31 Å². The summed E-state index contributed by atoms with van der Waals surface area (Å²) in [7, 11) is -1.95. The molecule has 0 saturated carbocycles. The number of rotatable bonds is 4. The van der Waals surface area contributed by atoms with E-state index in [9.17, 15) is 8.42 Å². The maximum atomic E-state index is 12.7. The first-order chi connectivity index (χ1) is 10.9. The minimum absolute atomic E-state index is 0.204. The predicted molar refractivity (Wildman–Crippen MR) is 87.1 cm³/mol. The number of ether oxygens (including phenoxy) is 2. The summed E-state index contributed by atoms with van der Waals surface area (Å²) in [4.78, 5) is 0.309. The van der Waals surface area contributed by atoms with Crippen LogP contribution in [0.2, 0.25) is 0 Å². The fraction of sp³-hybridized carbons (Fsp3) is 0.294. The van der Waals surface area contributed by atoms with Gasteiger partial charge in [0.1, 0.15) is 0 Å². The lowest BCUT2D eigenvalue weighted by Gasteiger charge is -2.18. The molecule has 0 aliphatic carbocycles. The molecule has 2 aromatic carbocycles. The molecule has 1 aliphatic rings. The molecular weight excluding hydrogens is 314 g/mol. The summed E-state index contributed by atoms with van der Waals surface area (Å²) in [6.07, 6.45) is 0. The molecule has 2 aromatic rings. The monoisotopic (exact) mass is 333 g/mol. The van der Waals surface area contributed by atoms with Crippen LogP contribution in [0.5, 0.6) is 11.5 Å². The van der Waals surface area contributed by atoms with Gasteiger partial charge >= 0.3 is 0 Å². The largest absolute Gasteiger partial charge is 0.454 e. The van der Waals surface area contributed by atoms with Crippen LogP contribution in [0.25, 0.3) is 0 Å². The Morgan fingerprint density at radius 2 is 1.74 bits per heavy atom. The SMILES string of the molecule is Cc1ccc(S(=O)(=O)N(C)Cc2ccc3c(c2)OCO3)cc1C. The molecule has 0 unspecified atom stereocenters. The normalized spacial score (nSPS) is 13.6. The first-order valence-electron chi connectivity index (χ1n) is 7.30. The van der Waals surface area contributed by atoms with Crippen molar-refractivity contribution in [1.29, 1.82) is 0 Å². The van der Waals surface area contributed by atoms with Gasteiger partial charge in [0.15, 0.2) is 11.5 Å². The van der Waals surface area contributed by atoms with Crippen molar-refractivity contribution in [3.05, 3.63) is 53.1 Å². The molecule has 3 rings (SSSR count). The van der Waals surface area contributed by atoms with Crippen molar-refractivity contribution in [2.75, 3.05) is 13.8 Å². The fourth-order valence-corrected chi connectivity index (χ4v) is 3.68. The standard InChI is InChI=1S/C17H19NO4S/c1-12-4-6-15(8-13(12)2)23(19,20)18(3)10-14-5-7-16-17(9-14)22-11-21-16/h4-9H,10-11H2,1-3H3. The van der Waals surface area contributed by atoms with Gasteiger partial charge in [-0.15, -0.1) is 0 Å². The Hall–Kier alpha value is -2.05. The van der Waals surface area contributed by atoms with Crippen LogP contribution in [0, 0.1) is 13.8 Å². The third-order valence-electron chi connectivity index (χ3n) is 4.03. The molecule has 23 heavy (non-hydrogen) atoms. The van der Waals surface area contributed by atoms with Crippen molar-refractivity contribution < 1.29 is 17.9 Å². The van der Waals surface area contributed by atoms with E-state index in [0.717, 1.165) is 16.7 Å². The van der Waals surface area contributed by atoms with E-state index in [2.05, 4.69) is 0 Å². The molecule has 1 heterocycles. The highest BCUT2D eigenvalue weighted by Crippen LogP contribution is 2.33. The van der Waals surface area contributed by atoms with Gasteiger partial charge in [0.05, 0.1) is 4.90 Å². The van der Waals surface area contributed by atoms with Gasteiger partial charge in [-0.3, -0.25) is 0 Å². The minimum atomic E-state index is -3.53. The summed E-state index contributed by atoms with van der Waals surface area (Å²) in [5, 5.41) is 0. The second-order valence-corrected chi connectivity index (χ2v) is 7.74. The van der Waals surface area contributed by atoms with Crippen LogP contribution < -0.4 is 9.47 Å². The summed E-state index contributed by atoms with van der Waals surface area (Å²) < 4.78 is 37.3. The van der Waals surface area contributed by atoms with Crippen molar-refractivity contribution in [2.45, 2.75) is 25.3 Å². The van der Waals surface area contributed by atoms with Crippen molar-refractivity contribution in [2.24, 2.45) is 0 Å². The Balaban J connectivity index is 1.84. The van der Waals surface area contributed by atoms with Gasteiger partial charge in [0.25, 0.3) is 0 Å². The molecular formula is C17H19NO4S. The van der Waals surface area contributed by atoms with Gasteiger partial charge in [-0.1, -0.05) is 12.1 Å². The average Bonchev–Trinajstić information content (AvgIpc) is 2.97. The van der Waals surface area contributed by atoms with E-state index in [1.807, 2.05) is 32.0 Å². The Kier molecular flexibility index (Phi) is 4.04. The van der Waals surface area contributed by atoms with Crippen LogP contribution in [-0.4, -0.2) is 26.6 Å². The predicted octanol–water partition coefficient (Wildman–Crippen LogP) is 2.85. The van der Waals surface area contributed by atoms with Gasteiger partial charge in [-0.05, 0) is 54.8 Å². The van der Waals surface area contributed by atoms with E-state index in [0.29, 0.717) is 16.4 Å². The van der Waals surface area contributed by atoms with Crippen molar-refractivity contribution >= 4 is 10.0 Å². The number of sulfonamides is 1. The van der Waals surface area contributed by atoms with Gasteiger partial charge in [-0.25, -0.2) is 8.42 Å². The Bertz CT molecular complexity index is 846. The van der Waals surface area contributed by atoms with Crippen LogP contribution in [-0.2, 0) is 16.6 Å². The van der Waals surface area contributed by atoms with Crippen LogP contribution in [0.4, 0.5) is 0 Å². The fourth-order valence-electron chi connectivity index (χ4n) is 2.44. The molecule has 5 nitrogen and oxygen atoms in total. The number of nitrogens with zero attached hydrogens (tertiary/aromatic N) is 1. The zero-order chi connectivity index (χ0) is 16.6. The van der Waals surface area contributed by atoms with Crippen molar-refractivity contribution in [1.82, 2.24) is 4.31 Å². The number of hydrogen-bond acceptors (Lipinski definition) is 4. The number of hydrogen-bond donors (Lipinski definition) is 0. The molecule has 122 valence electrons. The van der Waals surface area contributed by atoms with Gasteiger partial charge in [-0.2, -0.15) is 4.31 Å². The molecule has 0 fully saturated rings. The average molecular weight is 333 g/mol. The lowest BCUT2D eigenvalue weighted by molar-refractivity contribution is 0.174. The Morgan fingerprint density at radius 1 is 1.00 bits per heavy atom. The second-order valence-electron chi connectivity index (χ2n) is 5.69. The molecule has 0 saturated heterocycles. The van der Waals surface area contributed by atoms with E-state index in [4.69, 9.17) is 9.47 Å². The zero-order valence-corrected chi connectivity index (χ0v) is 14.2. The molecule has 6 heteroatoms. The number of fused-ring (bicyclic) bond motifs is 1. The summed E-state index contributed by atoms with van der Waals surface area (Å²) >= 11 is 0.